The Kier molecular flexibility index (Phi) is 5.29. The summed E-state index contributed by atoms with van der Waals surface area (Å²) in [5.74, 6) is 2.59. The number of hydrogen-bond donors (Lipinski definition) is 0. The van der Waals surface area contributed by atoms with Crippen LogP contribution in [0.2, 0.25) is 0 Å². The van der Waals surface area contributed by atoms with Crippen LogP contribution >= 0.6 is 0 Å². The first-order valence-corrected chi connectivity index (χ1v) is 9.66. The van der Waals surface area contributed by atoms with Crippen molar-refractivity contribution >= 4 is 11.8 Å². The van der Waals surface area contributed by atoms with E-state index in [9.17, 15) is 0 Å². The smallest absolute Gasteiger partial charge is 0.227 e. The van der Waals surface area contributed by atoms with Gasteiger partial charge in [0.2, 0.25) is 5.95 Å². The summed E-state index contributed by atoms with van der Waals surface area (Å²) in [5, 5.41) is 0. The number of morpholine rings is 1. The second kappa shape index (κ2) is 7.99. The Morgan fingerprint density at radius 3 is 2.81 bits per heavy atom. The zero-order valence-electron chi connectivity index (χ0n) is 15.5. The molecular formula is C20H27N5O. The molecule has 0 amide bonds. The van der Waals surface area contributed by atoms with E-state index in [0.717, 1.165) is 69.7 Å². The summed E-state index contributed by atoms with van der Waals surface area (Å²) in [6.07, 6.45) is 7.04. The van der Waals surface area contributed by atoms with Crippen LogP contribution < -0.4 is 9.80 Å². The predicted octanol–water partition coefficient (Wildman–Crippen LogP) is 2.34. The Bertz CT molecular complexity index is 717. The molecule has 138 valence electrons. The van der Waals surface area contributed by atoms with E-state index in [1.807, 2.05) is 18.5 Å². The van der Waals surface area contributed by atoms with Gasteiger partial charge in [-0.3, -0.25) is 4.98 Å². The highest BCUT2D eigenvalue weighted by Crippen LogP contribution is 2.27. The fourth-order valence-corrected chi connectivity index (χ4v) is 3.78. The minimum Gasteiger partial charge on any atom is -0.378 e. The van der Waals surface area contributed by atoms with Gasteiger partial charge in [0, 0.05) is 50.3 Å². The SMILES string of the molecule is CCc1cc(N2CCC(Cc3cccnc3)C2)nc(N2CCOCC2)n1. The van der Waals surface area contributed by atoms with Crippen molar-refractivity contribution in [3.05, 3.63) is 41.9 Å². The maximum Gasteiger partial charge on any atom is 0.227 e. The highest BCUT2D eigenvalue weighted by molar-refractivity contribution is 5.47. The van der Waals surface area contributed by atoms with Gasteiger partial charge < -0.3 is 14.5 Å². The molecule has 2 aromatic heterocycles. The number of nitrogens with zero attached hydrogens (tertiary/aromatic N) is 5. The van der Waals surface area contributed by atoms with Gasteiger partial charge in [0.1, 0.15) is 5.82 Å². The van der Waals surface area contributed by atoms with Crippen LogP contribution in [-0.4, -0.2) is 54.3 Å². The number of ether oxygens (including phenoxy) is 1. The number of aromatic nitrogens is 3. The Labute approximate surface area is 155 Å². The third kappa shape index (κ3) is 3.96. The van der Waals surface area contributed by atoms with Gasteiger partial charge in [0.15, 0.2) is 0 Å². The molecule has 4 rings (SSSR count). The van der Waals surface area contributed by atoms with Crippen LogP contribution in [-0.2, 0) is 17.6 Å². The minimum absolute atomic E-state index is 0.658. The van der Waals surface area contributed by atoms with Crippen LogP contribution in [0, 0.1) is 5.92 Å². The van der Waals surface area contributed by atoms with E-state index in [1.165, 1.54) is 12.0 Å². The van der Waals surface area contributed by atoms with Crippen molar-refractivity contribution < 1.29 is 4.74 Å². The fraction of sp³-hybridized carbons (Fsp3) is 0.550. The first kappa shape index (κ1) is 17.2. The van der Waals surface area contributed by atoms with Crippen LogP contribution in [0.5, 0.6) is 0 Å². The summed E-state index contributed by atoms with van der Waals surface area (Å²) in [6, 6.07) is 6.36. The van der Waals surface area contributed by atoms with E-state index in [2.05, 4.69) is 33.8 Å². The molecule has 2 fully saturated rings. The summed E-state index contributed by atoms with van der Waals surface area (Å²) in [6.45, 7) is 7.53. The molecular weight excluding hydrogens is 326 g/mol. The first-order valence-electron chi connectivity index (χ1n) is 9.66. The van der Waals surface area contributed by atoms with E-state index in [0.29, 0.717) is 5.92 Å². The topological polar surface area (TPSA) is 54.4 Å². The highest BCUT2D eigenvalue weighted by Gasteiger charge is 2.25. The molecule has 6 heteroatoms. The Balaban J connectivity index is 1.48. The van der Waals surface area contributed by atoms with E-state index < -0.39 is 0 Å². The van der Waals surface area contributed by atoms with Crippen molar-refractivity contribution in [2.24, 2.45) is 5.92 Å². The van der Waals surface area contributed by atoms with Gasteiger partial charge in [-0.15, -0.1) is 0 Å². The Morgan fingerprint density at radius 1 is 1.15 bits per heavy atom. The van der Waals surface area contributed by atoms with Crippen LogP contribution in [0.1, 0.15) is 24.6 Å². The fourth-order valence-electron chi connectivity index (χ4n) is 3.78. The molecule has 0 aliphatic carbocycles. The Morgan fingerprint density at radius 2 is 2.04 bits per heavy atom. The molecule has 26 heavy (non-hydrogen) atoms. The highest BCUT2D eigenvalue weighted by atomic mass is 16.5. The standard InChI is InChI=1S/C20H27N5O/c1-2-18-13-19(23-20(22-18)24-8-10-26-11-9-24)25-7-5-17(15-25)12-16-4-3-6-21-14-16/h3-4,6,13-14,17H,2,5,7-12,15H2,1H3. The van der Waals surface area contributed by atoms with Crippen LogP contribution in [0.4, 0.5) is 11.8 Å². The number of hydrogen-bond acceptors (Lipinski definition) is 6. The summed E-state index contributed by atoms with van der Waals surface area (Å²) in [5.41, 5.74) is 2.44. The third-order valence-corrected chi connectivity index (χ3v) is 5.27. The monoisotopic (exact) mass is 353 g/mol. The van der Waals surface area contributed by atoms with Crippen molar-refractivity contribution in [3.63, 3.8) is 0 Å². The molecule has 4 heterocycles. The average molecular weight is 353 g/mol. The zero-order chi connectivity index (χ0) is 17.8. The predicted molar refractivity (Wildman–Crippen MR) is 103 cm³/mol. The van der Waals surface area contributed by atoms with Gasteiger partial charge in [-0.1, -0.05) is 13.0 Å². The van der Waals surface area contributed by atoms with Gasteiger partial charge in [-0.2, -0.15) is 4.98 Å². The molecule has 0 N–H and O–H groups in total. The maximum atomic E-state index is 5.47. The average Bonchev–Trinajstić information content (AvgIpc) is 3.17. The van der Waals surface area contributed by atoms with Gasteiger partial charge in [-0.25, -0.2) is 4.98 Å². The molecule has 2 aliphatic heterocycles. The molecule has 0 spiro atoms. The molecule has 1 unspecified atom stereocenters. The lowest BCUT2D eigenvalue weighted by molar-refractivity contribution is 0.122. The van der Waals surface area contributed by atoms with Crippen LogP contribution in [0.15, 0.2) is 30.6 Å². The lowest BCUT2D eigenvalue weighted by atomic mass is 10.0. The second-order valence-electron chi connectivity index (χ2n) is 7.14. The molecule has 0 bridgehead atoms. The second-order valence-corrected chi connectivity index (χ2v) is 7.14. The largest absolute Gasteiger partial charge is 0.378 e. The number of anilines is 2. The number of rotatable bonds is 5. The van der Waals surface area contributed by atoms with Crippen molar-refractivity contribution in [1.82, 2.24) is 15.0 Å². The van der Waals surface area contributed by atoms with Crippen molar-refractivity contribution in [3.8, 4) is 0 Å². The normalized spacial score (nSPS) is 20.6. The van der Waals surface area contributed by atoms with E-state index in [1.54, 1.807) is 0 Å². The van der Waals surface area contributed by atoms with Crippen LogP contribution in [0.3, 0.4) is 0 Å². The van der Waals surface area contributed by atoms with Crippen molar-refractivity contribution in [2.75, 3.05) is 49.2 Å². The summed E-state index contributed by atoms with van der Waals surface area (Å²) >= 11 is 0. The quantitative estimate of drug-likeness (QED) is 0.822. The minimum atomic E-state index is 0.658. The Hall–Kier alpha value is -2.21. The first-order chi connectivity index (χ1) is 12.8. The molecule has 2 aromatic rings. The van der Waals surface area contributed by atoms with Gasteiger partial charge in [0.05, 0.1) is 13.2 Å². The zero-order valence-corrected chi connectivity index (χ0v) is 15.5. The van der Waals surface area contributed by atoms with E-state index in [4.69, 9.17) is 14.7 Å². The molecule has 6 nitrogen and oxygen atoms in total. The van der Waals surface area contributed by atoms with Gasteiger partial charge in [-0.05, 0) is 36.8 Å². The van der Waals surface area contributed by atoms with E-state index >= 15 is 0 Å². The molecule has 0 radical (unpaired) electrons. The van der Waals surface area contributed by atoms with Crippen molar-refractivity contribution in [2.45, 2.75) is 26.2 Å². The summed E-state index contributed by atoms with van der Waals surface area (Å²) in [4.78, 5) is 18.6. The van der Waals surface area contributed by atoms with Crippen LogP contribution in [0.25, 0.3) is 0 Å². The maximum absolute atomic E-state index is 5.47. The van der Waals surface area contributed by atoms with Gasteiger partial charge >= 0.3 is 0 Å². The molecule has 2 aliphatic rings. The lowest BCUT2D eigenvalue weighted by Crippen LogP contribution is -2.37. The van der Waals surface area contributed by atoms with Crippen molar-refractivity contribution in [1.29, 1.82) is 0 Å². The lowest BCUT2D eigenvalue weighted by Gasteiger charge is -2.28. The third-order valence-electron chi connectivity index (χ3n) is 5.27. The number of aryl methyl sites for hydroxylation is 1. The molecule has 1 atom stereocenters. The number of pyridine rings is 1. The molecule has 2 saturated heterocycles. The van der Waals surface area contributed by atoms with E-state index in [-0.39, 0.29) is 0 Å². The summed E-state index contributed by atoms with van der Waals surface area (Å²) < 4.78 is 5.47. The van der Waals surface area contributed by atoms with Gasteiger partial charge in [0.25, 0.3) is 0 Å². The molecule has 0 aromatic carbocycles. The molecule has 0 saturated carbocycles. The summed E-state index contributed by atoms with van der Waals surface area (Å²) in [7, 11) is 0.